The lowest BCUT2D eigenvalue weighted by Crippen LogP contribution is -2.29. The highest BCUT2D eigenvalue weighted by Crippen LogP contribution is 2.46. The van der Waals surface area contributed by atoms with Gasteiger partial charge in [-0.1, -0.05) is 24.3 Å². The van der Waals surface area contributed by atoms with Crippen molar-refractivity contribution in [3.63, 3.8) is 0 Å². The zero-order chi connectivity index (χ0) is 23.1. The van der Waals surface area contributed by atoms with Crippen molar-refractivity contribution in [1.82, 2.24) is 20.1 Å². The number of nitrogens with zero attached hydrogens (tertiary/aromatic N) is 3. The fourth-order valence-corrected chi connectivity index (χ4v) is 4.53. The Labute approximate surface area is 191 Å². The average molecular weight is 441 g/mol. The van der Waals surface area contributed by atoms with Crippen LogP contribution in [0.25, 0.3) is 11.3 Å². The van der Waals surface area contributed by atoms with Crippen LogP contribution in [0.3, 0.4) is 0 Å². The van der Waals surface area contributed by atoms with Crippen molar-refractivity contribution in [2.75, 3.05) is 7.11 Å². The summed E-state index contributed by atoms with van der Waals surface area (Å²) in [6, 6.07) is 14.9. The number of pyridine rings is 1. The first kappa shape index (κ1) is 20.8. The van der Waals surface area contributed by atoms with E-state index in [0.717, 1.165) is 33.6 Å². The highest BCUT2D eigenvalue weighted by molar-refractivity contribution is 6.00. The molecular weight excluding hydrogens is 416 g/mol. The quantitative estimate of drug-likeness (QED) is 0.475. The van der Waals surface area contributed by atoms with Crippen LogP contribution in [0.5, 0.6) is 11.5 Å². The molecule has 1 atom stereocenters. The number of nitrogens with one attached hydrogen (secondary N) is 1. The summed E-state index contributed by atoms with van der Waals surface area (Å²) in [5.41, 5.74) is 6.02. The molecule has 1 aliphatic heterocycles. The summed E-state index contributed by atoms with van der Waals surface area (Å²) in [7, 11) is 1.62. The van der Waals surface area contributed by atoms with E-state index in [-0.39, 0.29) is 17.7 Å². The number of rotatable bonds is 5. The predicted molar refractivity (Wildman–Crippen MR) is 124 cm³/mol. The minimum Gasteiger partial charge on any atom is -0.507 e. The number of phenolic OH excluding ortho intramolecular Hbond substituents is 1. The maximum Gasteiger partial charge on any atom is 0.273 e. The van der Waals surface area contributed by atoms with E-state index in [0.29, 0.717) is 23.5 Å². The molecule has 0 fully saturated rings. The van der Waals surface area contributed by atoms with Crippen molar-refractivity contribution in [1.29, 1.82) is 0 Å². The number of fused-ring (bicyclic) bond motifs is 1. The van der Waals surface area contributed by atoms with Crippen molar-refractivity contribution in [3.8, 4) is 22.8 Å². The molecule has 0 unspecified atom stereocenters. The van der Waals surface area contributed by atoms with Gasteiger partial charge in [-0.05, 0) is 60.4 Å². The molecule has 2 N–H and O–H groups in total. The Morgan fingerprint density at radius 3 is 2.64 bits per heavy atom. The fraction of sp³-hybridized carbons (Fsp3) is 0.192. The molecule has 1 aliphatic rings. The van der Waals surface area contributed by atoms with Gasteiger partial charge in [-0.25, -0.2) is 0 Å². The van der Waals surface area contributed by atoms with Crippen LogP contribution in [0, 0.1) is 13.8 Å². The van der Waals surface area contributed by atoms with Gasteiger partial charge in [0.2, 0.25) is 0 Å². The van der Waals surface area contributed by atoms with Gasteiger partial charge in [-0.2, -0.15) is 5.10 Å². The van der Waals surface area contributed by atoms with Crippen LogP contribution >= 0.6 is 0 Å². The van der Waals surface area contributed by atoms with Gasteiger partial charge in [0.05, 0.1) is 13.2 Å². The summed E-state index contributed by atoms with van der Waals surface area (Å²) in [5.74, 6) is 0.764. The van der Waals surface area contributed by atoms with Crippen LogP contribution in [0.15, 0.2) is 60.9 Å². The van der Waals surface area contributed by atoms with Crippen LogP contribution in [0.1, 0.15) is 44.3 Å². The second-order valence-corrected chi connectivity index (χ2v) is 8.31. The van der Waals surface area contributed by atoms with Gasteiger partial charge in [0, 0.05) is 30.1 Å². The summed E-state index contributed by atoms with van der Waals surface area (Å²) in [5, 5.41) is 18.3. The van der Waals surface area contributed by atoms with E-state index in [2.05, 4.69) is 15.2 Å². The third-order valence-electron chi connectivity index (χ3n) is 6.07. The summed E-state index contributed by atoms with van der Waals surface area (Å²) < 4.78 is 5.32. The second-order valence-electron chi connectivity index (χ2n) is 8.31. The van der Waals surface area contributed by atoms with Crippen molar-refractivity contribution < 1.29 is 14.6 Å². The number of aromatic amines is 1. The van der Waals surface area contributed by atoms with Gasteiger partial charge in [0.25, 0.3) is 5.91 Å². The SMILES string of the molecule is COc1ccc([C@@H]2c3c(-c4cc(C)cc(C)c4O)n[nH]c3C(=O)N2Cc2cccnc2)cc1. The van der Waals surface area contributed by atoms with Gasteiger partial charge in [-0.3, -0.25) is 14.9 Å². The minimum atomic E-state index is -0.382. The fourth-order valence-electron chi connectivity index (χ4n) is 4.53. The number of aromatic hydroxyl groups is 1. The lowest BCUT2D eigenvalue weighted by molar-refractivity contribution is 0.0730. The molecule has 0 saturated carbocycles. The Hall–Kier alpha value is -4.13. The standard InChI is InChI=1S/C26H24N4O3/c1-15-11-16(2)25(31)20(12-15)22-21-23(29-28-22)26(32)30(14-17-5-4-10-27-13-17)24(21)18-6-8-19(33-3)9-7-18/h4-13,24,31H,14H2,1-3H3,(H,28,29)/t24-/m1/s1. The monoisotopic (exact) mass is 440 g/mol. The van der Waals surface area contributed by atoms with Gasteiger partial charge < -0.3 is 14.7 Å². The summed E-state index contributed by atoms with van der Waals surface area (Å²) in [6.45, 7) is 4.23. The first-order valence-electron chi connectivity index (χ1n) is 10.7. The number of aryl methyl sites for hydroxylation is 2. The highest BCUT2D eigenvalue weighted by Gasteiger charge is 2.42. The smallest absolute Gasteiger partial charge is 0.273 e. The summed E-state index contributed by atoms with van der Waals surface area (Å²) in [4.78, 5) is 19.5. The van der Waals surface area contributed by atoms with Gasteiger partial charge in [0.1, 0.15) is 22.9 Å². The first-order chi connectivity index (χ1) is 16.0. The molecule has 2 aromatic carbocycles. The third-order valence-corrected chi connectivity index (χ3v) is 6.07. The number of hydrogen-bond donors (Lipinski definition) is 2. The number of hydrogen-bond acceptors (Lipinski definition) is 5. The summed E-state index contributed by atoms with van der Waals surface area (Å²) >= 11 is 0. The zero-order valence-electron chi connectivity index (χ0n) is 18.7. The second kappa shape index (κ2) is 8.09. The number of benzene rings is 2. The molecule has 33 heavy (non-hydrogen) atoms. The zero-order valence-corrected chi connectivity index (χ0v) is 18.7. The summed E-state index contributed by atoms with van der Waals surface area (Å²) in [6.07, 6.45) is 3.48. The molecule has 166 valence electrons. The van der Waals surface area contributed by atoms with E-state index in [1.165, 1.54) is 0 Å². The van der Waals surface area contributed by atoms with Gasteiger partial charge in [-0.15, -0.1) is 0 Å². The number of carbonyl (C=O) groups is 1. The lowest BCUT2D eigenvalue weighted by atomic mass is 9.94. The van der Waals surface area contributed by atoms with Gasteiger partial charge in [0.15, 0.2) is 0 Å². The molecule has 1 amide bonds. The van der Waals surface area contributed by atoms with Crippen LogP contribution in [-0.2, 0) is 6.54 Å². The number of methoxy groups -OCH3 is 1. The number of carbonyl (C=O) groups excluding carboxylic acids is 1. The van der Waals surface area contributed by atoms with Crippen molar-refractivity contribution in [2.24, 2.45) is 0 Å². The van der Waals surface area contributed by atoms with E-state index in [4.69, 9.17) is 4.74 Å². The number of phenols is 1. The number of H-pyrrole nitrogens is 1. The molecular formula is C26H24N4O3. The lowest BCUT2D eigenvalue weighted by Gasteiger charge is -2.26. The van der Waals surface area contributed by atoms with Crippen LogP contribution in [0.4, 0.5) is 0 Å². The van der Waals surface area contributed by atoms with E-state index in [9.17, 15) is 9.90 Å². The Morgan fingerprint density at radius 1 is 1.15 bits per heavy atom. The topological polar surface area (TPSA) is 91.3 Å². The average Bonchev–Trinajstić information content (AvgIpc) is 3.36. The Kier molecular flexibility index (Phi) is 5.09. The molecule has 4 aromatic rings. The molecule has 0 aliphatic carbocycles. The number of amides is 1. The van der Waals surface area contributed by atoms with E-state index in [1.807, 2.05) is 67.3 Å². The molecule has 7 nitrogen and oxygen atoms in total. The molecule has 5 rings (SSSR count). The van der Waals surface area contributed by atoms with Crippen LogP contribution < -0.4 is 4.74 Å². The number of aromatic nitrogens is 3. The van der Waals surface area contributed by atoms with E-state index in [1.54, 1.807) is 19.5 Å². The molecule has 0 spiro atoms. The maximum absolute atomic E-state index is 13.5. The van der Waals surface area contributed by atoms with Crippen molar-refractivity contribution >= 4 is 5.91 Å². The largest absolute Gasteiger partial charge is 0.507 e. The first-order valence-corrected chi connectivity index (χ1v) is 10.7. The van der Waals surface area contributed by atoms with E-state index >= 15 is 0 Å². The van der Waals surface area contributed by atoms with Crippen molar-refractivity contribution in [3.05, 3.63) is 94.4 Å². The molecule has 0 bridgehead atoms. The normalized spacial score (nSPS) is 15.1. The predicted octanol–water partition coefficient (Wildman–Crippen LogP) is 4.55. The maximum atomic E-state index is 13.5. The molecule has 0 saturated heterocycles. The van der Waals surface area contributed by atoms with E-state index < -0.39 is 0 Å². The minimum absolute atomic E-state index is 0.141. The Bertz CT molecular complexity index is 1330. The Balaban J connectivity index is 1.68. The molecule has 0 radical (unpaired) electrons. The van der Waals surface area contributed by atoms with Gasteiger partial charge >= 0.3 is 0 Å². The number of ether oxygens (including phenoxy) is 1. The molecule has 3 heterocycles. The van der Waals surface area contributed by atoms with Crippen LogP contribution in [-0.4, -0.2) is 38.2 Å². The van der Waals surface area contributed by atoms with Crippen molar-refractivity contribution in [2.45, 2.75) is 26.4 Å². The van der Waals surface area contributed by atoms with Crippen LogP contribution in [0.2, 0.25) is 0 Å². The molecule has 7 heteroatoms. The highest BCUT2D eigenvalue weighted by atomic mass is 16.5. The molecule has 2 aromatic heterocycles. The Morgan fingerprint density at radius 2 is 1.94 bits per heavy atom. The third kappa shape index (κ3) is 3.51.